The summed E-state index contributed by atoms with van der Waals surface area (Å²) in [7, 11) is 0. The molecule has 2 heterocycles. The number of nitrogens with one attached hydrogen (secondary N) is 2. The van der Waals surface area contributed by atoms with Crippen LogP contribution in [0.15, 0.2) is 18.2 Å². The standard InChI is InChI=1S/C17H27N3O/c1-13(2)14-3-4-17(21-15-5-6-19-12-15)16(11-14)20-9-7-18-8-10-20/h3-4,11,13,15,18-19H,5-10,12H2,1-2H3/t15-/m0/s1. The summed E-state index contributed by atoms with van der Waals surface area (Å²) in [4.78, 5) is 2.46. The third kappa shape index (κ3) is 3.50. The first-order valence-electron chi connectivity index (χ1n) is 8.21. The van der Waals surface area contributed by atoms with Gasteiger partial charge in [0.1, 0.15) is 11.9 Å². The second-order valence-electron chi connectivity index (χ2n) is 6.35. The Hall–Kier alpha value is -1.26. The van der Waals surface area contributed by atoms with E-state index in [1.807, 2.05) is 0 Å². The number of piperazine rings is 1. The molecule has 0 aromatic heterocycles. The van der Waals surface area contributed by atoms with E-state index in [0.717, 1.165) is 51.4 Å². The van der Waals surface area contributed by atoms with Crippen molar-refractivity contribution < 1.29 is 4.74 Å². The highest BCUT2D eigenvalue weighted by Gasteiger charge is 2.21. The van der Waals surface area contributed by atoms with Crippen LogP contribution in [-0.4, -0.2) is 45.4 Å². The van der Waals surface area contributed by atoms with Gasteiger partial charge in [-0.05, 0) is 36.6 Å². The Balaban J connectivity index is 1.85. The normalized spacial score (nSPS) is 22.8. The van der Waals surface area contributed by atoms with Gasteiger partial charge in [-0.15, -0.1) is 0 Å². The van der Waals surface area contributed by atoms with E-state index in [0.29, 0.717) is 12.0 Å². The van der Waals surface area contributed by atoms with Crippen LogP contribution in [0.3, 0.4) is 0 Å². The summed E-state index contributed by atoms with van der Waals surface area (Å²) in [6, 6.07) is 6.72. The molecular formula is C17H27N3O. The van der Waals surface area contributed by atoms with E-state index in [-0.39, 0.29) is 0 Å². The molecule has 4 nitrogen and oxygen atoms in total. The molecule has 0 saturated carbocycles. The van der Waals surface area contributed by atoms with Gasteiger partial charge in [0.2, 0.25) is 0 Å². The molecule has 0 spiro atoms. The van der Waals surface area contributed by atoms with Gasteiger partial charge < -0.3 is 20.3 Å². The van der Waals surface area contributed by atoms with Crippen LogP contribution in [0.1, 0.15) is 31.7 Å². The third-order valence-corrected chi connectivity index (χ3v) is 4.42. The highest BCUT2D eigenvalue weighted by Crippen LogP contribution is 2.33. The molecule has 1 aromatic carbocycles. The van der Waals surface area contributed by atoms with Crippen molar-refractivity contribution in [2.75, 3.05) is 44.2 Å². The predicted molar refractivity (Wildman–Crippen MR) is 87.5 cm³/mol. The first kappa shape index (κ1) is 14.7. The SMILES string of the molecule is CC(C)c1ccc(O[C@H]2CCNC2)c(N2CCNCC2)c1. The van der Waals surface area contributed by atoms with Crippen LogP contribution in [0, 0.1) is 0 Å². The molecule has 4 heteroatoms. The predicted octanol–water partition coefficient (Wildman–Crippen LogP) is 1.96. The minimum absolute atomic E-state index is 0.316. The lowest BCUT2D eigenvalue weighted by molar-refractivity contribution is 0.223. The van der Waals surface area contributed by atoms with Gasteiger partial charge in [0.15, 0.2) is 0 Å². The van der Waals surface area contributed by atoms with Crippen LogP contribution in [0.25, 0.3) is 0 Å². The first-order chi connectivity index (χ1) is 10.2. The molecule has 0 bridgehead atoms. The van der Waals surface area contributed by atoms with Crippen LogP contribution in [-0.2, 0) is 0 Å². The van der Waals surface area contributed by atoms with E-state index < -0.39 is 0 Å². The zero-order valence-electron chi connectivity index (χ0n) is 13.2. The average Bonchev–Trinajstić information content (AvgIpc) is 3.01. The number of rotatable bonds is 4. The molecule has 3 rings (SSSR count). The molecule has 2 aliphatic rings. The molecule has 1 aromatic rings. The minimum atomic E-state index is 0.316. The average molecular weight is 289 g/mol. The van der Waals surface area contributed by atoms with Crippen molar-refractivity contribution in [3.05, 3.63) is 23.8 Å². The number of hydrogen-bond donors (Lipinski definition) is 2. The summed E-state index contributed by atoms with van der Waals surface area (Å²) in [5.74, 6) is 1.60. The Bertz CT molecular complexity index is 463. The van der Waals surface area contributed by atoms with Gasteiger partial charge in [0, 0.05) is 32.7 Å². The molecule has 0 radical (unpaired) electrons. The fourth-order valence-electron chi connectivity index (χ4n) is 3.05. The summed E-state index contributed by atoms with van der Waals surface area (Å²) < 4.78 is 6.27. The summed E-state index contributed by atoms with van der Waals surface area (Å²) in [6.45, 7) is 10.7. The van der Waals surface area contributed by atoms with Crippen LogP contribution in [0.2, 0.25) is 0 Å². The highest BCUT2D eigenvalue weighted by atomic mass is 16.5. The summed E-state index contributed by atoms with van der Waals surface area (Å²) >= 11 is 0. The zero-order valence-corrected chi connectivity index (χ0v) is 13.2. The van der Waals surface area contributed by atoms with E-state index in [4.69, 9.17) is 4.74 Å². The second kappa shape index (κ2) is 6.67. The molecule has 0 amide bonds. The van der Waals surface area contributed by atoms with Crippen LogP contribution in [0.4, 0.5) is 5.69 Å². The highest BCUT2D eigenvalue weighted by molar-refractivity contribution is 5.61. The molecular weight excluding hydrogens is 262 g/mol. The summed E-state index contributed by atoms with van der Waals surface area (Å²) in [5, 5.41) is 6.79. The van der Waals surface area contributed by atoms with E-state index >= 15 is 0 Å². The van der Waals surface area contributed by atoms with E-state index in [9.17, 15) is 0 Å². The van der Waals surface area contributed by atoms with Crippen LogP contribution in [0.5, 0.6) is 5.75 Å². The quantitative estimate of drug-likeness (QED) is 0.888. The number of hydrogen-bond acceptors (Lipinski definition) is 4. The second-order valence-corrected chi connectivity index (χ2v) is 6.35. The topological polar surface area (TPSA) is 36.5 Å². The number of ether oxygens (including phenoxy) is 1. The molecule has 1 atom stereocenters. The zero-order chi connectivity index (χ0) is 14.7. The Labute approximate surface area is 127 Å². The van der Waals surface area contributed by atoms with Crippen molar-refractivity contribution in [3.8, 4) is 5.75 Å². The van der Waals surface area contributed by atoms with E-state index in [2.05, 4.69) is 47.6 Å². The molecule has 2 aliphatic heterocycles. The lowest BCUT2D eigenvalue weighted by Gasteiger charge is -2.32. The van der Waals surface area contributed by atoms with Gasteiger partial charge in [0.25, 0.3) is 0 Å². The largest absolute Gasteiger partial charge is 0.487 e. The fraction of sp³-hybridized carbons (Fsp3) is 0.647. The number of anilines is 1. The van der Waals surface area contributed by atoms with Crippen LogP contribution >= 0.6 is 0 Å². The van der Waals surface area contributed by atoms with Gasteiger partial charge in [-0.1, -0.05) is 19.9 Å². The molecule has 0 aliphatic carbocycles. The van der Waals surface area contributed by atoms with E-state index in [1.54, 1.807) is 0 Å². The molecule has 116 valence electrons. The molecule has 2 N–H and O–H groups in total. The third-order valence-electron chi connectivity index (χ3n) is 4.42. The maximum absolute atomic E-state index is 6.27. The minimum Gasteiger partial charge on any atom is -0.487 e. The van der Waals surface area contributed by atoms with Gasteiger partial charge >= 0.3 is 0 Å². The lowest BCUT2D eigenvalue weighted by atomic mass is 10.0. The Morgan fingerprint density at radius 3 is 2.62 bits per heavy atom. The molecule has 0 unspecified atom stereocenters. The number of benzene rings is 1. The van der Waals surface area contributed by atoms with Crippen LogP contribution < -0.4 is 20.3 Å². The molecule has 2 fully saturated rings. The fourth-order valence-corrected chi connectivity index (χ4v) is 3.05. The first-order valence-corrected chi connectivity index (χ1v) is 8.21. The van der Waals surface area contributed by atoms with Gasteiger partial charge in [-0.2, -0.15) is 0 Å². The van der Waals surface area contributed by atoms with E-state index in [1.165, 1.54) is 11.3 Å². The lowest BCUT2D eigenvalue weighted by Crippen LogP contribution is -2.43. The van der Waals surface area contributed by atoms with Crippen molar-refractivity contribution >= 4 is 5.69 Å². The van der Waals surface area contributed by atoms with Crippen molar-refractivity contribution in [1.82, 2.24) is 10.6 Å². The Kier molecular flexibility index (Phi) is 4.66. The van der Waals surface area contributed by atoms with Crippen molar-refractivity contribution in [3.63, 3.8) is 0 Å². The van der Waals surface area contributed by atoms with Crippen molar-refractivity contribution in [2.45, 2.75) is 32.3 Å². The summed E-state index contributed by atoms with van der Waals surface area (Å²) in [5.41, 5.74) is 2.66. The molecule has 21 heavy (non-hydrogen) atoms. The number of nitrogens with zero attached hydrogens (tertiary/aromatic N) is 1. The van der Waals surface area contributed by atoms with Gasteiger partial charge in [0.05, 0.1) is 5.69 Å². The Morgan fingerprint density at radius 2 is 1.95 bits per heavy atom. The van der Waals surface area contributed by atoms with Gasteiger partial charge in [-0.3, -0.25) is 0 Å². The maximum Gasteiger partial charge on any atom is 0.143 e. The summed E-state index contributed by atoms with van der Waals surface area (Å²) in [6.07, 6.45) is 1.42. The van der Waals surface area contributed by atoms with Crippen molar-refractivity contribution in [2.24, 2.45) is 0 Å². The smallest absolute Gasteiger partial charge is 0.143 e. The van der Waals surface area contributed by atoms with Crippen molar-refractivity contribution in [1.29, 1.82) is 0 Å². The Morgan fingerprint density at radius 1 is 1.14 bits per heavy atom. The monoisotopic (exact) mass is 289 g/mol. The molecule has 2 saturated heterocycles. The maximum atomic E-state index is 6.27. The van der Waals surface area contributed by atoms with Gasteiger partial charge in [-0.25, -0.2) is 0 Å².